The van der Waals surface area contributed by atoms with Gasteiger partial charge in [0.2, 0.25) is 0 Å². The summed E-state index contributed by atoms with van der Waals surface area (Å²) >= 11 is 3.28. The lowest BCUT2D eigenvalue weighted by Gasteiger charge is -2.09. The Morgan fingerprint density at radius 1 is 1.42 bits per heavy atom. The van der Waals surface area contributed by atoms with E-state index in [-0.39, 0.29) is 6.54 Å². The van der Waals surface area contributed by atoms with Gasteiger partial charge in [-0.2, -0.15) is 0 Å². The van der Waals surface area contributed by atoms with E-state index >= 15 is 0 Å². The Morgan fingerprint density at radius 3 is 2.26 bits per heavy atom. The average Bonchev–Trinajstić information content (AvgIpc) is 3.00. The topological polar surface area (TPSA) is 97.5 Å². The Hall–Kier alpha value is -0.920. The summed E-state index contributed by atoms with van der Waals surface area (Å²) in [5.41, 5.74) is 4.85. The number of rotatable bonds is 4. The standard InChI is InChI=1S/C12H14BrNO4S/c1-19(17,18)10-9(12(10,6-14)11(15)16)7-2-4-8(13)5-3-7/h2-5,9-10H,6,14H2,1H3,(H,15,16). The fraction of sp³-hybridized carbons (Fsp3) is 0.417. The van der Waals surface area contributed by atoms with Crippen molar-refractivity contribution in [2.45, 2.75) is 11.2 Å². The molecule has 7 heteroatoms. The van der Waals surface area contributed by atoms with E-state index in [4.69, 9.17) is 5.73 Å². The van der Waals surface area contributed by atoms with E-state index < -0.39 is 32.4 Å². The van der Waals surface area contributed by atoms with Gasteiger partial charge in [-0.15, -0.1) is 0 Å². The molecule has 3 atom stereocenters. The minimum atomic E-state index is -3.47. The molecule has 1 fully saturated rings. The van der Waals surface area contributed by atoms with Gasteiger partial charge in [0, 0.05) is 23.2 Å². The van der Waals surface area contributed by atoms with Crippen LogP contribution in [0.5, 0.6) is 0 Å². The average molecular weight is 348 g/mol. The van der Waals surface area contributed by atoms with Gasteiger partial charge in [-0.1, -0.05) is 28.1 Å². The molecule has 0 radical (unpaired) electrons. The minimum absolute atomic E-state index is 0.194. The third-order valence-electron chi connectivity index (χ3n) is 3.68. The number of aliphatic carboxylic acids is 1. The van der Waals surface area contributed by atoms with Crippen molar-refractivity contribution in [2.24, 2.45) is 11.1 Å². The highest BCUT2D eigenvalue weighted by Gasteiger charge is 2.74. The molecule has 3 N–H and O–H groups in total. The van der Waals surface area contributed by atoms with E-state index in [9.17, 15) is 18.3 Å². The lowest BCUT2D eigenvalue weighted by atomic mass is 9.99. The summed E-state index contributed by atoms with van der Waals surface area (Å²) in [5.74, 6) is -1.74. The number of benzene rings is 1. The molecule has 0 heterocycles. The first kappa shape index (κ1) is 14.5. The quantitative estimate of drug-likeness (QED) is 0.846. The molecule has 1 aliphatic rings. The monoisotopic (exact) mass is 347 g/mol. The number of hydrogen-bond acceptors (Lipinski definition) is 4. The lowest BCUT2D eigenvalue weighted by Crippen LogP contribution is -2.31. The van der Waals surface area contributed by atoms with Crippen LogP contribution < -0.4 is 5.73 Å². The number of hydrogen-bond donors (Lipinski definition) is 2. The zero-order valence-corrected chi connectivity index (χ0v) is 12.6. The van der Waals surface area contributed by atoms with Crippen LogP contribution >= 0.6 is 15.9 Å². The first-order valence-corrected chi connectivity index (χ1v) is 8.37. The van der Waals surface area contributed by atoms with Crippen LogP contribution in [0.3, 0.4) is 0 Å². The molecule has 2 rings (SSSR count). The minimum Gasteiger partial charge on any atom is -0.481 e. The van der Waals surface area contributed by atoms with Gasteiger partial charge in [-0.05, 0) is 17.7 Å². The molecule has 0 bridgehead atoms. The van der Waals surface area contributed by atoms with Crippen LogP contribution in [-0.4, -0.2) is 37.5 Å². The van der Waals surface area contributed by atoms with Gasteiger partial charge in [-0.25, -0.2) is 8.42 Å². The molecular formula is C12H14BrNO4S. The molecule has 0 aromatic heterocycles. The van der Waals surface area contributed by atoms with Crippen molar-refractivity contribution < 1.29 is 18.3 Å². The van der Waals surface area contributed by atoms with Crippen LogP contribution in [-0.2, 0) is 14.6 Å². The van der Waals surface area contributed by atoms with Gasteiger partial charge in [0.1, 0.15) is 5.41 Å². The van der Waals surface area contributed by atoms with Crippen molar-refractivity contribution >= 4 is 31.7 Å². The van der Waals surface area contributed by atoms with Crippen LogP contribution in [0.15, 0.2) is 28.7 Å². The Morgan fingerprint density at radius 2 is 1.95 bits per heavy atom. The predicted octanol–water partition coefficient (Wildman–Crippen LogP) is 0.989. The van der Waals surface area contributed by atoms with Crippen molar-refractivity contribution in [1.82, 2.24) is 0 Å². The van der Waals surface area contributed by atoms with Crippen LogP contribution in [0, 0.1) is 5.41 Å². The number of sulfone groups is 1. The summed E-state index contributed by atoms with van der Waals surface area (Å²) in [6.45, 7) is -0.194. The summed E-state index contributed by atoms with van der Waals surface area (Å²) in [5, 5.41) is 8.42. The van der Waals surface area contributed by atoms with E-state index in [1.807, 2.05) is 0 Å². The number of halogens is 1. The number of carboxylic acid groups (broad SMARTS) is 1. The predicted molar refractivity (Wildman–Crippen MR) is 74.6 cm³/mol. The maximum Gasteiger partial charge on any atom is 0.312 e. The van der Waals surface area contributed by atoms with Gasteiger partial charge in [0.15, 0.2) is 9.84 Å². The van der Waals surface area contributed by atoms with E-state index in [0.717, 1.165) is 10.7 Å². The Balaban J connectivity index is 2.50. The highest BCUT2D eigenvalue weighted by molar-refractivity contribution is 9.10. The molecule has 104 valence electrons. The van der Waals surface area contributed by atoms with Gasteiger partial charge in [0.25, 0.3) is 0 Å². The smallest absolute Gasteiger partial charge is 0.312 e. The maximum atomic E-state index is 11.8. The van der Waals surface area contributed by atoms with Crippen molar-refractivity contribution in [3.05, 3.63) is 34.3 Å². The lowest BCUT2D eigenvalue weighted by molar-refractivity contribution is -0.143. The van der Waals surface area contributed by atoms with Gasteiger partial charge >= 0.3 is 5.97 Å². The summed E-state index contributed by atoms with van der Waals surface area (Å²) in [6, 6.07) is 6.98. The molecule has 1 aromatic carbocycles. The number of nitrogens with two attached hydrogens (primary N) is 1. The largest absolute Gasteiger partial charge is 0.481 e. The molecule has 3 unspecified atom stereocenters. The van der Waals surface area contributed by atoms with Gasteiger partial charge in [0.05, 0.1) is 5.25 Å². The Labute approximate surface area is 119 Å². The normalized spacial score (nSPS) is 30.1. The zero-order chi connectivity index (χ0) is 14.4. The molecule has 0 aliphatic heterocycles. The fourth-order valence-corrected chi connectivity index (χ4v) is 4.95. The second-order valence-corrected chi connectivity index (χ2v) is 7.91. The summed E-state index contributed by atoms with van der Waals surface area (Å²) in [6.07, 6.45) is 1.06. The van der Waals surface area contributed by atoms with E-state index in [1.54, 1.807) is 24.3 Å². The molecule has 1 aliphatic carbocycles. The van der Waals surface area contributed by atoms with Crippen LogP contribution in [0.25, 0.3) is 0 Å². The second-order valence-electron chi connectivity index (χ2n) is 4.83. The molecule has 0 spiro atoms. The molecule has 5 nitrogen and oxygen atoms in total. The fourth-order valence-electron chi connectivity index (χ4n) is 2.76. The molecule has 19 heavy (non-hydrogen) atoms. The molecule has 0 amide bonds. The van der Waals surface area contributed by atoms with Crippen molar-refractivity contribution in [3.8, 4) is 0 Å². The Bertz CT molecular complexity index is 613. The molecular weight excluding hydrogens is 334 g/mol. The van der Waals surface area contributed by atoms with E-state index in [0.29, 0.717) is 5.56 Å². The molecule has 1 saturated carbocycles. The maximum absolute atomic E-state index is 11.8. The van der Waals surface area contributed by atoms with Crippen LogP contribution in [0.2, 0.25) is 0 Å². The SMILES string of the molecule is CS(=O)(=O)C1C(c2ccc(Br)cc2)C1(CN)C(=O)O. The van der Waals surface area contributed by atoms with Gasteiger partial charge < -0.3 is 10.8 Å². The first-order valence-electron chi connectivity index (χ1n) is 5.63. The first-order chi connectivity index (χ1) is 8.75. The highest BCUT2D eigenvalue weighted by Crippen LogP contribution is 2.62. The second kappa shape index (κ2) is 4.57. The summed E-state index contributed by atoms with van der Waals surface area (Å²) in [7, 11) is -3.47. The van der Waals surface area contributed by atoms with Crippen LogP contribution in [0.1, 0.15) is 11.5 Å². The Kier molecular flexibility index (Phi) is 3.49. The third kappa shape index (κ3) is 2.19. The number of carboxylic acids is 1. The molecule has 0 saturated heterocycles. The van der Waals surface area contributed by atoms with Crippen molar-refractivity contribution in [2.75, 3.05) is 12.8 Å². The van der Waals surface area contributed by atoms with Gasteiger partial charge in [-0.3, -0.25) is 4.79 Å². The number of carbonyl (C=O) groups is 1. The van der Waals surface area contributed by atoms with Crippen LogP contribution in [0.4, 0.5) is 0 Å². The summed E-state index contributed by atoms with van der Waals surface area (Å²) in [4.78, 5) is 11.5. The highest BCUT2D eigenvalue weighted by atomic mass is 79.9. The summed E-state index contributed by atoms with van der Waals surface area (Å²) < 4.78 is 24.4. The van der Waals surface area contributed by atoms with E-state index in [2.05, 4.69) is 15.9 Å². The third-order valence-corrected chi connectivity index (χ3v) is 5.83. The zero-order valence-electron chi connectivity index (χ0n) is 10.2. The van der Waals surface area contributed by atoms with Crippen molar-refractivity contribution in [1.29, 1.82) is 0 Å². The molecule has 1 aromatic rings. The van der Waals surface area contributed by atoms with Crippen molar-refractivity contribution in [3.63, 3.8) is 0 Å². The van der Waals surface area contributed by atoms with E-state index in [1.165, 1.54) is 0 Å².